The Labute approximate surface area is 82.6 Å². The summed E-state index contributed by atoms with van der Waals surface area (Å²) >= 11 is 0. The van der Waals surface area contributed by atoms with Crippen molar-refractivity contribution in [1.29, 1.82) is 0 Å². The number of hydrogen-bond acceptors (Lipinski definition) is 3. The van der Waals surface area contributed by atoms with Gasteiger partial charge in [0.15, 0.2) is 0 Å². The lowest BCUT2D eigenvalue weighted by Crippen LogP contribution is -2.40. The monoisotopic (exact) mass is 197 g/mol. The molecule has 0 aromatic rings. The topological polar surface area (TPSA) is 70.2 Å². The Morgan fingerprint density at radius 2 is 2.29 bits per heavy atom. The summed E-state index contributed by atoms with van der Waals surface area (Å²) in [6.45, 7) is 2.25. The summed E-state index contributed by atoms with van der Waals surface area (Å²) in [5.74, 6) is 0.196. The molecule has 0 spiro atoms. The van der Waals surface area contributed by atoms with Gasteiger partial charge in [-0.15, -0.1) is 0 Å². The number of nitrogens with one attached hydrogen (secondary N) is 3. The molecule has 78 valence electrons. The fraction of sp³-hybridized carbons (Fsp3) is 0.778. The van der Waals surface area contributed by atoms with Crippen LogP contribution in [0.1, 0.15) is 12.8 Å². The van der Waals surface area contributed by atoms with Crippen molar-refractivity contribution < 1.29 is 9.59 Å². The Kier molecular flexibility index (Phi) is 2.67. The lowest BCUT2D eigenvalue weighted by Gasteiger charge is -2.13. The molecule has 14 heavy (non-hydrogen) atoms. The first-order valence-corrected chi connectivity index (χ1v) is 5.03. The number of carbonyl (C=O) groups excluding carboxylic acids is 2. The summed E-state index contributed by atoms with van der Waals surface area (Å²) in [5, 5.41) is 8.73. The highest BCUT2D eigenvalue weighted by Crippen LogP contribution is 2.08. The van der Waals surface area contributed by atoms with Crippen LogP contribution >= 0.6 is 0 Å². The predicted octanol–water partition coefficient (Wildman–Crippen LogP) is -1.40. The molecule has 0 saturated carbocycles. The summed E-state index contributed by atoms with van der Waals surface area (Å²) < 4.78 is 0. The standard InChI is InChI=1S/C9H15N3O2/c13-8-3-7(5-11-8)12-9(14)6-1-2-10-4-6/h6-7,10H,1-5H2,(H,11,13)(H,12,14). The Balaban J connectivity index is 1.79. The summed E-state index contributed by atoms with van der Waals surface area (Å²) in [6, 6.07) is -0.00407. The molecule has 0 radical (unpaired) electrons. The maximum absolute atomic E-state index is 11.6. The van der Waals surface area contributed by atoms with Crippen LogP contribution in [0.5, 0.6) is 0 Å². The summed E-state index contributed by atoms with van der Waals surface area (Å²) in [5.41, 5.74) is 0. The van der Waals surface area contributed by atoms with Crippen molar-refractivity contribution in [1.82, 2.24) is 16.0 Å². The summed E-state index contributed by atoms with van der Waals surface area (Å²) in [4.78, 5) is 22.5. The molecule has 2 heterocycles. The van der Waals surface area contributed by atoms with Crippen molar-refractivity contribution in [2.45, 2.75) is 18.9 Å². The van der Waals surface area contributed by atoms with Crippen LogP contribution in [0, 0.1) is 5.92 Å². The molecular weight excluding hydrogens is 182 g/mol. The third-order valence-electron chi connectivity index (χ3n) is 2.75. The van der Waals surface area contributed by atoms with E-state index in [0.717, 1.165) is 19.5 Å². The maximum Gasteiger partial charge on any atom is 0.224 e. The second-order valence-corrected chi connectivity index (χ2v) is 3.90. The third kappa shape index (κ3) is 2.04. The Morgan fingerprint density at radius 3 is 2.86 bits per heavy atom. The molecule has 5 nitrogen and oxygen atoms in total. The first-order valence-electron chi connectivity index (χ1n) is 5.03. The van der Waals surface area contributed by atoms with Crippen LogP contribution in [-0.2, 0) is 9.59 Å². The zero-order valence-electron chi connectivity index (χ0n) is 8.01. The average molecular weight is 197 g/mol. The molecule has 5 heteroatoms. The molecule has 3 N–H and O–H groups in total. The molecule has 2 atom stereocenters. The van der Waals surface area contributed by atoms with E-state index >= 15 is 0 Å². The quantitative estimate of drug-likeness (QED) is 0.510. The third-order valence-corrected chi connectivity index (χ3v) is 2.75. The summed E-state index contributed by atoms with van der Waals surface area (Å²) in [7, 11) is 0. The van der Waals surface area contributed by atoms with Gasteiger partial charge in [-0.25, -0.2) is 0 Å². The van der Waals surface area contributed by atoms with Gasteiger partial charge >= 0.3 is 0 Å². The van der Waals surface area contributed by atoms with Crippen LogP contribution < -0.4 is 16.0 Å². The zero-order valence-corrected chi connectivity index (χ0v) is 8.01. The fourth-order valence-corrected chi connectivity index (χ4v) is 1.90. The number of carbonyl (C=O) groups is 2. The molecule has 2 aliphatic rings. The van der Waals surface area contributed by atoms with Crippen LogP contribution in [0.2, 0.25) is 0 Å². The van der Waals surface area contributed by atoms with Crippen LogP contribution in [0.25, 0.3) is 0 Å². The molecule has 0 aliphatic carbocycles. The van der Waals surface area contributed by atoms with Gasteiger partial charge in [-0.05, 0) is 13.0 Å². The number of rotatable bonds is 2. The smallest absolute Gasteiger partial charge is 0.224 e. The van der Waals surface area contributed by atoms with Gasteiger partial charge in [-0.1, -0.05) is 0 Å². The number of amides is 2. The largest absolute Gasteiger partial charge is 0.354 e. The second-order valence-electron chi connectivity index (χ2n) is 3.90. The molecule has 0 bridgehead atoms. The van der Waals surface area contributed by atoms with Gasteiger partial charge in [-0.2, -0.15) is 0 Å². The minimum Gasteiger partial charge on any atom is -0.354 e. The van der Waals surface area contributed by atoms with Gasteiger partial charge in [0.2, 0.25) is 11.8 Å². The van der Waals surface area contributed by atoms with E-state index in [4.69, 9.17) is 0 Å². The van der Waals surface area contributed by atoms with E-state index in [1.807, 2.05) is 0 Å². The minimum atomic E-state index is -0.00407. The van der Waals surface area contributed by atoms with Crippen molar-refractivity contribution in [3.8, 4) is 0 Å². The highest BCUT2D eigenvalue weighted by Gasteiger charge is 2.27. The van der Waals surface area contributed by atoms with Gasteiger partial charge in [0.25, 0.3) is 0 Å². The lowest BCUT2D eigenvalue weighted by molar-refractivity contribution is -0.125. The molecule has 2 amide bonds. The van der Waals surface area contributed by atoms with Gasteiger partial charge in [0.1, 0.15) is 0 Å². The highest BCUT2D eigenvalue weighted by atomic mass is 16.2. The van der Waals surface area contributed by atoms with E-state index < -0.39 is 0 Å². The molecule has 2 unspecified atom stereocenters. The number of hydrogen-bond donors (Lipinski definition) is 3. The normalized spacial score (nSPS) is 31.6. The van der Waals surface area contributed by atoms with E-state index in [2.05, 4.69) is 16.0 Å². The lowest BCUT2D eigenvalue weighted by atomic mass is 10.1. The Morgan fingerprint density at radius 1 is 1.43 bits per heavy atom. The molecular formula is C9H15N3O2. The van der Waals surface area contributed by atoms with Gasteiger partial charge in [0, 0.05) is 19.5 Å². The van der Waals surface area contributed by atoms with Crippen molar-refractivity contribution in [2.24, 2.45) is 5.92 Å². The van der Waals surface area contributed by atoms with Crippen molar-refractivity contribution in [2.75, 3.05) is 19.6 Å². The second kappa shape index (κ2) is 3.96. The van der Waals surface area contributed by atoms with Crippen molar-refractivity contribution in [3.63, 3.8) is 0 Å². The molecule has 2 rings (SSSR count). The van der Waals surface area contributed by atoms with E-state index in [9.17, 15) is 9.59 Å². The Hall–Kier alpha value is -1.10. The van der Waals surface area contributed by atoms with E-state index in [-0.39, 0.29) is 23.8 Å². The van der Waals surface area contributed by atoms with Crippen LogP contribution in [0.4, 0.5) is 0 Å². The molecule has 2 fully saturated rings. The fourth-order valence-electron chi connectivity index (χ4n) is 1.90. The maximum atomic E-state index is 11.6. The van der Waals surface area contributed by atoms with Crippen LogP contribution in [0.3, 0.4) is 0 Å². The minimum absolute atomic E-state index is 0.00407. The SMILES string of the molecule is O=C1CC(NC(=O)C2CCNC2)CN1. The van der Waals surface area contributed by atoms with Gasteiger partial charge in [-0.3, -0.25) is 9.59 Å². The Bertz CT molecular complexity index is 248. The van der Waals surface area contributed by atoms with Crippen molar-refractivity contribution in [3.05, 3.63) is 0 Å². The van der Waals surface area contributed by atoms with Crippen molar-refractivity contribution >= 4 is 11.8 Å². The zero-order chi connectivity index (χ0) is 9.97. The first-order chi connectivity index (χ1) is 6.75. The van der Waals surface area contributed by atoms with Crippen LogP contribution in [-0.4, -0.2) is 37.5 Å². The average Bonchev–Trinajstić information content (AvgIpc) is 2.75. The first kappa shape index (κ1) is 9.45. The highest BCUT2D eigenvalue weighted by molar-refractivity contribution is 5.83. The van der Waals surface area contributed by atoms with Gasteiger partial charge < -0.3 is 16.0 Å². The molecule has 0 aromatic carbocycles. The predicted molar refractivity (Wildman–Crippen MR) is 50.5 cm³/mol. The summed E-state index contributed by atoms with van der Waals surface area (Å²) in [6.07, 6.45) is 1.33. The van der Waals surface area contributed by atoms with Gasteiger partial charge in [0.05, 0.1) is 12.0 Å². The molecule has 2 aliphatic heterocycles. The van der Waals surface area contributed by atoms with Crippen LogP contribution in [0.15, 0.2) is 0 Å². The van der Waals surface area contributed by atoms with E-state index in [0.29, 0.717) is 13.0 Å². The van der Waals surface area contributed by atoms with E-state index in [1.165, 1.54) is 0 Å². The van der Waals surface area contributed by atoms with E-state index in [1.54, 1.807) is 0 Å². The molecule has 0 aromatic heterocycles. The molecule has 2 saturated heterocycles.